The van der Waals surface area contributed by atoms with Crippen molar-refractivity contribution in [2.75, 3.05) is 39.9 Å². The zero-order valence-corrected chi connectivity index (χ0v) is 26.1. The molecule has 3 heterocycles. The SMILES string of the molecule is CCN1C[C@@H](CN(C(=O)[C@@H]2CCCO2)[C@@H](c2nc(-c3cc(F)ccc3F)nn2Cc2cccc(F)c2)C(C)(C)OC)[C@@H](C)C1. The van der Waals surface area contributed by atoms with Gasteiger partial charge < -0.3 is 19.3 Å². The highest BCUT2D eigenvalue weighted by Crippen LogP contribution is 2.38. The molecule has 0 bridgehead atoms. The molecule has 0 aliphatic carbocycles. The fourth-order valence-corrected chi connectivity index (χ4v) is 6.37. The van der Waals surface area contributed by atoms with Crippen LogP contribution >= 0.6 is 0 Å². The van der Waals surface area contributed by atoms with Gasteiger partial charge in [-0.25, -0.2) is 22.8 Å². The van der Waals surface area contributed by atoms with E-state index < -0.39 is 35.2 Å². The molecule has 238 valence electrons. The van der Waals surface area contributed by atoms with Crippen molar-refractivity contribution in [2.45, 2.75) is 64.8 Å². The first-order valence-electron chi connectivity index (χ1n) is 15.3. The van der Waals surface area contributed by atoms with E-state index in [0.717, 1.165) is 44.3 Å². The molecule has 2 aliphatic heterocycles. The molecule has 0 unspecified atom stereocenters. The molecule has 5 rings (SSSR count). The van der Waals surface area contributed by atoms with Crippen molar-refractivity contribution in [1.29, 1.82) is 0 Å². The minimum absolute atomic E-state index is 0.0405. The van der Waals surface area contributed by atoms with E-state index in [1.54, 1.807) is 28.8 Å². The van der Waals surface area contributed by atoms with Gasteiger partial charge in [0.25, 0.3) is 5.91 Å². The fraction of sp³-hybridized carbons (Fsp3) is 0.545. The van der Waals surface area contributed by atoms with Crippen LogP contribution in [0.5, 0.6) is 0 Å². The van der Waals surface area contributed by atoms with Crippen LogP contribution in [0.25, 0.3) is 11.4 Å². The van der Waals surface area contributed by atoms with Crippen LogP contribution in [0.4, 0.5) is 13.2 Å². The van der Waals surface area contributed by atoms with Gasteiger partial charge >= 0.3 is 0 Å². The van der Waals surface area contributed by atoms with Gasteiger partial charge in [-0.15, -0.1) is 0 Å². The molecule has 0 spiro atoms. The molecule has 4 atom stereocenters. The minimum atomic E-state index is -0.995. The smallest absolute Gasteiger partial charge is 0.252 e. The summed E-state index contributed by atoms with van der Waals surface area (Å²) in [6, 6.07) is 8.40. The van der Waals surface area contributed by atoms with Crippen LogP contribution in [-0.2, 0) is 20.8 Å². The van der Waals surface area contributed by atoms with Gasteiger partial charge in [0.1, 0.15) is 29.6 Å². The van der Waals surface area contributed by atoms with E-state index in [2.05, 4.69) is 23.8 Å². The maximum atomic E-state index is 15.0. The van der Waals surface area contributed by atoms with E-state index in [0.29, 0.717) is 36.9 Å². The number of hydrogen-bond donors (Lipinski definition) is 0. The molecule has 2 aromatic carbocycles. The molecular formula is C33H42F3N5O3. The number of hydrogen-bond acceptors (Lipinski definition) is 6. The third-order valence-corrected chi connectivity index (χ3v) is 9.04. The lowest BCUT2D eigenvalue weighted by Gasteiger charge is -2.42. The number of aromatic nitrogens is 3. The van der Waals surface area contributed by atoms with Gasteiger partial charge in [-0.05, 0) is 81.0 Å². The summed E-state index contributed by atoms with van der Waals surface area (Å²) in [7, 11) is 1.57. The maximum Gasteiger partial charge on any atom is 0.252 e. The van der Waals surface area contributed by atoms with Crippen molar-refractivity contribution in [2.24, 2.45) is 11.8 Å². The first-order valence-corrected chi connectivity index (χ1v) is 15.3. The van der Waals surface area contributed by atoms with Crippen LogP contribution in [0, 0.1) is 29.3 Å². The zero-order valence-electron chi connectivity index (χ0n) is 26.1. The highest BCUT2D eigenvalue weighted by atomic mass is 19.1. The first-order chi connectivity index (χ1) is 21.0. The molecule has 3 aromatic rings. The summed E-state index contributed by atoms with van der Waals surface area (Å²) in [5, 5.41) is 4.63. The number of methoxy groups -OCH3 is 1. The van der Waals surface area contributed by atoms with Gasteiger partial charge in [0.05, 0.1) is 17.7 Å². The number of benzene rings is 2. The van der Waals surface area contributed by atoms with Crippen molar-refractivity contribution in [3.05, 3.63) is 71.3 Å². The standard InChI is InChI=1S/C33H42F3N5O3/c1-6-39-17-21(2)23(19-39)20-40(32(42)28-11-8-14-44-28)29(33(3,4)43-5)31-37-30(26-16-25(35)12-13-27(26)36)38-41(31)18-22-9-7-10-24(34)15-22/h7,9-10,12-13,15-16,21,23,28-29H,6,8,11,14,17-20H2,1-5H3/t21-,23-,28-,29-/m0/s1. The van der Waals surface area contributed by atoms with E-state index in [4.69, 9.17) is 14.5 Å². The lowest BCUT2D eigenvalue weighted by atomic mass is 9.91. The third kappa shape index (κ3) is 6.84. The van der Waals surface area contributed by atoms with Gasteiger partial charge in [-0.1, -0.05) is 26.0 Å². The van der Waals surface area contributed by atoms with Crippen LogP contribution in [0.15, 0.2) is 42.5 Å². The second kappa shape index (κ2) is 13.4. The molecule has 0 N–H and O–H groups in total. The summed E-state index contributed by atoms with van der Waals surface area (Å²) in [6.45, 7) is 11.8. The lowest BCUT2D eigenvalue weighted by Crippen LogP contribution is -2.52. The highest BCUT2D eigenvalue weighted by Gasteiger charge is 2.46. The number of rotatable bonds is 11. The van der Waals surface area contributed by atoms with Crippen molar-refractivity contribution >= 4 is 5.91 Å². The van der Waals surface area contributed by atoms with Crippen molar-refractivity contribution < 1.29 is 27.4 Å². The molecule has 0 saturated carbocycles. The average molecular weight is 614 g/mol. The molecule has 11 heteroatoms. The Balaban J connectivity index is 1.67. The van der Waals surface area contributed by atoms with Crippen LogP contribution in [-0.4, -0.2) is 82.1 Å². The Kier molecular flexibility index (Phi) is 9.77. The molecule has 1 aromatic heterocycles. The number of nitrogens with zero attached hydrogens (tertiary/aromatic N) is 5. The Hall–Kier alpha value is -3.28. The van der Waals surface area contributed by atoms with Crippen molar-refractivity contribution in [1.82, 2.24) is 24.6 Å². The number of carbonyl (C=O) groups excluding carboxylic acids is 1. The summed E-state index contributed by atoms with van der Waals surface area (Å²) in [5.74, 6) is -1.11. The van der Waals surface area contributed by atoms with Crippen LogP contribution < -0.4 is 0 Å². The van der Waals surface area contributed by atoms with Gasteiger partial charge in [0, 0.05) is 33.4 Å². The number of amides is 1. The molecule has 0 radical (unpaired) electrons. The van der Waals surface area contributed by atoms with Gasteiger partial charge in [0.2, 0.25) is 0 Å². The number of halogens is 3. The Bertz CT molecular complexity index is 1460. The quantitative estimate of drug-likeness (QED) is 0.286. The molecule has 2 fully saturated rings. The molecular weight excluding hydrogens is 571 g/mol. The molecule has 8 nitrogen and oxygen atoms in total. The molecule has 2 saturated heterocycles. The number of ether oxygens (including phenoxy) is 2. The van der Waals surface area contributed by atoms with Crippen molar-refractivity contribution in [3.8, 4) is 11.4 Å². The second-order valence-electron chi connectivity index (χ2n) is 12.5. The topological polar surface area (TPSA) is 72.7 Å². The van der Waals surface area contributed by atoms with Crippen molar-refractivity contribution in [3.63, 3.8) is 0 Å². The normalized spacial score (nSPS) is 21.6. The Morgan fingerprint density at radius 3 is 2.59 bits per heavy atom. The zero-order chi connectivity index (χ0) is 31.6. The molecule has 1 amide bonds. The van der Waals surface area contributed by atoms with Crippen LogP contribution in [0.2, 0.25) is 0 Å². The average Bonchev–Trinajstić information content (AvgIpc) is 3.75. The van der Waals surface area contributed by atoms with Gasteiger partial charge in [-0.3, -0.25) is 4.79 Å². The number of carbonyl (C=O) groups is 1. The van der Waals surface area contributed by atoms with Crippen LogP contribution in [0.3, 0.4) is 0 Å². The Morgan fingerprint density at radius 1 is 1.16 bits per heavy atom. The van der Waals surface area contributed by atoms with E-state index in [9.17, 15) is 13.6 Å². The monoisotopic (exact) mass is 613 g/mol. The largest absolute Gasteiger partial charge is 0.376 e. The first kappa shape index (κ1) is 32.1. The van der Waals surface area contributed by atoms with E-state index in [-0.39, 0.29) is 29.8 Å². The van der Waals surface area contributed by atoms with E-state index in [1.165, 1.54) is 12.1 Å². The summed E-state index contributed by atoms with van der Waals surface area (Å²) in [4.78, 5) is 23.3. The second-order valence-corrected chi connectivity index (χ2v) is 12.5. The molecule has 2 aliphatic rings. The summed E-state index contributed by atoms with van der Waals surface area (Å²) < 4.78 is 57.1. The summed E-state index contributed by atoms with van der Waals surface area (Å²) in [6.07, 6.45) is 0.779. The highest BCUT2D eigenvalue weighted by molar-refractivity contribution is 5.81. The van der Waals surface area contributed by atoms with Crippen LogP contribution in [0.1, 0.15) is 58.0 Å². The predicted octanol–water partition coefficient (Wildman–Crippen LogP) is 5.47. The third-order valence-electron chi connectivity index (χ3n) is 9.04. The van der Waals surface area contributed by atoms with E-state index in [1.807, 2.05) is 13.8 Å². The summed E-state index contributed by atoms with van der Waals surface area (Å²) in [5.41, 5.74) is -0.514. The van der Waals surface area contributed by atoms with Gasteiger partial charge in [-0.2, -0.15) is 5.10 Å². The number of likely N-dealkylation sites (tertiary alicyclic amines) is 1. The fourth-order valence-electron chi connectivity index (χ4n) is 6.37. The minimum Gasteiger partial charge on any atom is -0.376 e. The van der Waals surface area contributed by atoms with Gasteiger partial charge in [0.15, 0.2) is 11.6 Å². The Labute approximate surface area is 257 Å². The summed E-state index contributed by atoms with van der Waals surface area (Å²) >= 11 is 0. The Morgan fingerprint density at radius 2 is 1.93 bits per heavy atom. The predicted molar refractivity (Wildman–Crippen MR) is 160 cm³/mol. The molecule has 44 heavy (non-hydrogen) atoms. The maximum absolute atomic E-state index is 15.0. The lowest BCUT2D eigenvalue weighted by molar-refractivity contribution is -0.153. The van der Waals surface area contributed by atoms with E-state index >= 15 is 4.39 Å².